The average Bonchev–Trinajstić information content (AvgIpc) is 3.34. The first-order valence-electron chi connectivity index (χ1n) is 10.2. The zero-order chi connectivity index (χ0) is 22.6. The van der Waals surface area contributed by atoms with Gasteiger partial charge in [-0.15, -0.1) is 0 Å². The fourth-order valence-corrected chi connectivity index (χ4v) is 5.12. The van der Waals surface area contributed by atoms with Crippen molar-refractivity contribution in [1.82, 2.24) is 14.9 Å². The van der Waals surface area contributed by atoms with E-state index in [0.717, 1.165) is 6.07 Å². The van der Waals surface area contributed by atoms with Gasteiger partial charge in [-0.2, -0.15) is 0 Å². The van der Waals surface area contributed by atoms with Gasteiger partial charge in [0, 0.05) is 49.0 Å². The first kappa shape index (κ1) is 20.6. The van der Waals surface area contributed by atoms with E-state index >= 15 is 4.39 Å². The Bertz CT molecular complexity index is 1230. The van der Waals surface area contributed by atoms with Crippen LogP contribution in [0, 0.1) is 23.5 Å². The normalized spacial score (nSPS) is 20.1. The molecule has 2 aromatic carbocycles. The van der Waals surface area contributed by atoms with Crippen molar-refractivity contribution in [3.05, 3.63) is 59.9 Å². The van der Waals surface area contributed by atoms with Crippen LogP contribution in [0.3, 0.4) is 0 Å². The van der Waals surface area contributed by atoms with Crippen molar-refractivity contribution in [2.45, 2.75) is 0 Å². The van der Waals surface area contributed by atoms with Crippen molar-refractivity contribution in [2.75, 3.05) is 31.1 Å². The van der Waals surface area contributed by atoms with Gasteiger partial charge in [-0.25, -0.2) is 18.7 Å². The van der Waals surface area contributed by atoms with Gasteiger partial charge in [0.2, 0.25) is 5.91 Å². The number of benzene rings is 2. The Hall–Kier alpha value is -3.26. The molecule has 3 aromatic rings. The maximum Gasteiger partial charge on any atom is 0.245 e. The number of hydrogen-bond acceptors (Lipinski definition) is 5. The van der Waals surface area contributed by atoms with Crippen molar-refractivity contribution in [1.29, 1.82) is 0 Å². The maximum absolute atomic E-state index is 15.5. The molecule has 0 spiro atoms. The van der Waals surface area contributed by atoms with Gasteiger partial charge in [0.15, 0.2) is 5.82 Å². The lowest BCUT2D eigenvalue weighted by atomic mass is 10.0. The standard InChI is InChI=1S/C23H19ClF2N4O2/c1-2-18(32)29-7-12-9-30(10-13(12)8-29)23-14-6-15(24)19(21(26)22(14)27-11-28-23)20-16(25)4-3-5-17(20)31/h2-6,11-13,31H,1,7-10H2. The predicted octanol–water partition coefficient (Wildman–Crippen LogP) is 4.01. The summed E-state index contributed by atoms with van der Waals surface area (Å²) in [6, 6.07) is 5.24. The Balaban J connectivity index is 1.54. The number of carbonyl (C=O) groups is 1. The molecule has 2 atom stereocenters. The lowest BCUT2D eigenvalue weighted by molar-refractivity contribution is -0.125. The van der Waals surface area contributed by atoms with E-state index in [1.807, 2.05) is 4.90 Å². The number of phenols is 1. The molecule has 164 valence electrons. The van der Waals surface area contributed by atoms with E-state index in [-0.39, 0.29) is 39.4 Å². The van der Waals surface area contributed by atoms with E-state index in [1.165, 1.54) is 30.6 Å². The minimum absolute atomic E-state index is 0.00225. The number of nitrogens with zero attached hydrogens (tertiary/aromatic N) is 4. The van der Waals surface area contributed by atoms with Crippen LogP contribution in [-0.4, -0.2) is 52.1 Å². The third-order valence-corrected chi connectivity index (χ3v) is 6.61. The number of halogens is 3. The van der Waals surface area contributed by atoms with Crippen molar-refractivity contribution in [3.63, 3.8) is 0 Å². The summed E-state index contributed by atoms with van der Waals surface area (Å²) in [5, 5.41) is 10.5. The molecule has 0 radical (unpaired) electrons. The monoisotopic (exact) mass is 456 g/mol. The summed E-state index contributed by atoms with van der Waals surface area (Å²) in [4.78, 5) is 24.2. The van der Waals surface area contributed by atoms with Gasteiger partial charge in [-0.05, 0) is 24.3 Å². The van der Waals surface area contributed by atoms with Crippen LogP contribution in [0.15, 0.2) is 43.2 Å². The molecule has 9 heteroatoms. The smallest absolute Gasteiger partial charge is 0.245 e. The molecule has 1 N–H and O–H groups in total. The fourth-order valence-electron chi connectivity index (χ4n) is 4.83. The highest BCUT2D eigenvalue weighted by atomic mass is 35.5. The second-order valence-corrected chi connectivity index (χ2v) is 8.55. The van der Waals surface area contributed by atoms with Crippen LogP contribution < -0.4 is 4.90 Å². The number of aromatic hydroxyl groups is 1. The van der Waals surface area contributed by atoms with Crippen LogP contribution in [0.25, 0.3) is 22.0 Å². The van der Waals surface area contributed by atoms with E-state index in [2.05, 4.69) is 16.5 Å². The molecule has 0 saturated carbocycles. The summed E-state index contributed by atoms with van der Waals surface area (Å²) < 4.78 is 29.9. The zero-order valence-electron chi connectivity index (χ0n) is 16.9. The number of anilines is 1. The number of phenolic OH excluding ortho intramolecular Hbond substituents is 1. The van der Waals surface area contributed by atoms with Crippen LogP contribution in [-0.2, 0) is 4.79 Å². The van der Waals surface area contributed by atoms with Crippen LogP contribution in [0.2, 0.25) is 5.02 Å². The lowest BCUT2D eigenvalue weighted by Gasteiger charge is -2.23. The first-order chi connectivity index (χ1) is 15.4. The Labute approximate surface area is 187 Å². The predicted molar refractivity (Wildman–Crippen MR) is 118 cm³/mol. The van der Waals surface area contributed by atoms with Crippen molar-refractivity contribution < 1.29 is 18.7 Å². The molecule has 2 fully saturated rings. The van der Waals surface area contributed by atoms with Gasteiger partial charge in [0.25, 0.3) is 0 Å². The van der Waals surface area contributed by atoms with Crippen molar-refractivity contribution >= 4 is 34.2 Å². The van der Waals surface area contributed by atoms with Crippen molar-refractivity contribution in [3.8, 4) is 16.9 Å². The topological polar surface area (TPSA) is 69.6 Å². The molecule has 1 amide bonds. The van der Waals surface area contributed by atoms with E-state index in [1.54, 1.807) is 4.90 Å². The SMILES string of the molecule is C=CC(=O)N1CC2CN(c3ncnc4c(F)c(-c5c(O)cccc5F)c(Cl)cc34)CC2C1. The Morgan fingerprint density at radius 3 is 2.53 bits per heavy atom. The highest BCUT2D eigenvalue weighted by Crippen LogP contribution is 2.43. The van der Waals surface area contributed by atoms with Crippen LogP contribution in [0.4, 0.5) is 14.6 Å². The molecule has 2 unspecified atom stereocenters. The fraction of sp³-hybridized carbons (Fsp3) is 0.261. The van der Waals surface area contributed by atoms with Crippen LogP contribution in [0.5, 0.6) is 5.75 Å². The third-order valence-electron chi connectivity index (χ3n) is 6.31. The number of hydrogen-bond donors (Lipinski definition) is 1. The second-order valence-electron chi connectivity index (χ2n) is 8.15. The molecule has 2 aliphatic heterocycles. The largest absolute Gasteiger partial charge is 0.507 e. The van der Waals surface area contributed by atoms with Gasteiger partial charge in [0.05, 0.1) is 10.6 Å². The van der Waals surface area contributed by atoms with E-state index in [9.17, 15) is 14.3 Å². The average molecular weight is 457 g/mol. The number of likely N-dealkylation sites (tertiary alicyclic amines) is 1. The molecule has 0 aliphatic carbocycles. The number of amides is 1. The van der Waals surface area contributed by atoms with E-state index < -0.39 is 17.4 Å². The zero-order valence-corrected chi connectivity index (χ0v) is 17.7. The summed E-state index contributed by atoms with van der Waals surface area (Å²) in [6.45, 7) is 6.14. The van der Waals surface area contributed by atoms with Crippen LogP contribution in [0.1, 0.15) is 0 Å². The molecular formula is C23H19ClF2N4O2. The highest BCUT2D eigenvalue weighted by Gasteiger charge is 2.42. The molecule has 2 aliphatic rings. The van der Waals surface area contributed by atoms with Gasteiger partial charge < -0.3 is 14.9 Å². The number of aromatic nitrogens is 2. The minimum Gasteiger partial charge on any atom is -0.507 e. The Kier molecular flexibility index (Phi) is 4.97. The minimum atomic E-state index is -0.821. The number of carbonyl (C=O) groups excluding carboxylic acids is 1. The van der Waals surface area contributed by atoms with Crippen LogP contribution >= 0.6 is 11.6 Å². The van der Waals surface area contributed by atoms with Gasteiger partial charge >= 0.3 is 0 Å². The third kappa shape index (κ3) is 3.17. The molecule has 5 rings (SSSR count). The summed E-state index contributed by atoms with van der Waals surface area (Å²) >= 11 is 6.39. The van der Waals surface area contributed by atoms with Gasteiger partial charge in [-0.1, -0.05) is 24.2 Å². The number of fused-ring (bicyclic) bond motifs is 2. The van der Waals surface area contributed by atoms with Crippen molar-refractivity contribution in [2.24, 2.45) is 11.8 Å². The lowest BCUT2D eigenvalue weighted by Crippen LogP contribution is -2.32. The Morgan fingerprint density at radius 1 is 1.16 bits per heavy atom. The summed E-state index contributed by atoms with van der Waals surface area (Å²) in [7, 11) is 0. The quantitative estimate of drug-likeness (QED) is 0.603. The molecular weight excluding hydrogens is 438 g/mol. The second kappa shape index (κ2) is 7.70. The number of rotatable bonds is 3. The molecule has 1 aromatic heterocycles. The molecule has 3 heterocycles. The maximum atomic E-state index is 15.5. The van der Waals surface area contributed by atoms with E-state index in [4.69, 9.17) is 11.6 Å². The summed E-state index contributed by atoms with van der Waals surface area (Å²) in [5.41, 5.74) is -0.548. The molecule has 32 heavy (non-hydrogen) atoms. The molecule has 2 saturated heterocycles. The summed E-state index contributed by atoms with van der Waals surface area (Å²) in [6.07, 6.45) is 2.59. The summed E-state index contributed by atoms with van der Waals surface area (Å²) in [5.74, 6) is -1.00. The van der Waals surface area contributed by atoms with Gasteiger partial charge in [-0.3, -0.25) is 4.79 Å². The Morgan fingerprint density at radius 2 is 1.88 bits per heavy atom. The highest BCUT2D eigenvalue weighted by molar-refractivity contribution is 6.34. The first-order valence-corrected chi connectivity index (χ1v) is 10.5. The van der Waals surface area contributed by atoms with E-state index in [0.29, 0.717) is 37.4 Å². The molecule has 6 nitrogen and oxygen atoms in total. The van der Waals surface area contributed by atoms with Gasteiger partial charge in [0.1, 0.15) is 29.2 Å². The molecule has 0 bridgehead atoms.